The minimum atomic E-state index is -0.451. The van der Waals surface area contributed by atoms with Gasteiger partial charge in [0, 0.05) is 17.5 Å². The van der Waals surface area contributed by atoms with E-state index in [1.165, 1.54) is 24.3 Å². The summed E-state index contributed by atoms with van der Waals surface area (Å²) in [6, 6.07) is 5.36. The first kappa shape index (κ1) is 17.4. The van der Waals surface area contributed by atoms with E-state index in [4.69, 9.17) is 0 Å². The van der Waals surface area contributed by atoms with Crippen molar-refractivity contribution in [2.24, 2.45) is 5.92 Å². The first-order chi connectivity index (χ1) is 10.5. The lowest BCUT2D eigenvalue weighted by Gasteiger charge is -2.30. The highest BCUT2D eigenvalue weighted by Crippen LogP contribution is 2.18. The zero-order chi connectivity index (χ0) is 15.7. The Bertz CT molecular complexity index is 777. The number of benzene rings is 1. The number of hydrogen-bond donors (Lipinski definition) is 3. The molecule has 7 heteroatoms. The van der Waals surface area contributed by atoms with Gasteiger partial charge in [-0.15, -0.1) is 12.4 Å². The summed E-state index contributed by atoms with van der Waals surface area (Å²) in [5.41, 5.74) is 0.196. The van der Waals surface area contributed by atoms with E-state index in [0.717, 1.165) is 19.5 Å². The number of fused-ring (bicyclic) bond motifs is 1. The Labute approximate surface area is 139 Å². The molecule has 2 unspecified atom stereocenters. The zero-order valence-electron chi connectivity index (χ0n) is 12.7. The number of hydrogen-bond acceptors (Lipinski definition) is 3. The standard InChI is InChI=1S/C16H18FN3O2.ClH/c1-9-8-18-5-4-13(9)20-16(22)12-7-15(21)19-14-6-10(17)2-3-11(12)14;/h2-3,6-7,9,13,18H,4-5,8H2,1H3,(H,19,21)(H,20,22);1H. The summed E-state index contributed by atoms with van der Waals surface area (Å²) < 4.78 is 13.3. The lowest BCUT2D eigenvalue weighted by Crippen LogP contribution is -2.48. The second-order valence-corrected chi connectivity index (χ2v) is 5.79. The van der Waals surface area contributed by atoms with E-state index in [0.29, 0.717) is 16.8 Å². The van der Waals surface area contributed by atoms with Gasteiger partial charge in [0.15, 0.2) is 0 Å². The lowest BCUT2D eigenvalue weighted by molar-refractivity contribution is 0.0915. The van der Waals surface area contributed by atoms with Gasteiger partial charge in [0.2, 0.25) is 5.56 Å². The summed E-state index contributed by atoms with van der Waals surface area (Å²) >= 11 is 0. The fourth-order valence-corrected chi connectivity index (χ4v) is 2.89. The summed E-state index contributed by atoms with van der Waals surface area (Å²) in [7, 11) is 0. The number of pyridine rings is 1. The van der Waals surface area contributed by atoms with Crippen LogP contribution >= 0.6 is 12.4 Å². The number of piperidine rings is 1. The third-order valence-electron chi connectivity index (χ3n) is 4.15. The molecule has 0 spiro atoms. The first-order valence-corrected chi connectivity index (χ1v) is 7.39. The molecule has 1 aliphatic rings. The molecule has 0 bridgehead atoms. The topological polar surface area (TPSA) is 74.0 Å². The Morgan fingerprint density at radius 1 is 1.35 bits per heavy atom. The largest absolute Gasteiger partial charge is 0.349 e. The Morgan fingerprint density at radius 2 is 2.13 bits per heavy atom. The Hall–Kier alpha value is -1.92. The van der Waals surface area contributed by atoms with Crippen molar-refractivity contribution < 1.29 is 9.18 Å². The fraction of sp³-hybridized carbons (Fsp3) is 0.375. The van der Waals surface area contributed by atoms with E-state index in [1.807, 2.05) is 0 Å². The molecule has 2 heterocycles. The predicted molar refractivity (Wildman–Crippen MR) is 89.7 cm³/mol. The number of carbonyl (C=O) groups excluding carboxylic acids is 1. The molecule has 1 saturated heterocycles. The maximum absolute atomic E-state index is 13.3. The molecule has 2 atom stereocenters. The molecule has 23 heavy (non-hydrogen) atoms. The van der Waals surface area contributed by atoms with Crippen LogP contribution in [0.3, 0.4) is 0 Å². The number of amides is 1. The van der Waals surface area contributed by atoms with Gasteiger partial charge < -0.3 is 15.6 Å². The van der Waals surface area contributed by atoms with Gasteiger partial charge in [-0.3, -0.25) is 9.59 Å². The van der Waals surface area contributed by atoms with Crippen LogP contribution < -0.4 is 16.2 Å². The SMILES string of the molecule is CC1CNCCC1NC(=O)c1cc(=O)[nH]c2cc(F)ccc12.Cl. The van der Waals surface area contributed by atoms with Crippen LogP contribution in [0.5, 0.6) is 0 Å². The maximum atomic E-state index is 13.3. The molecule has 5 nitrogen and oxygen atoms in total. The first-order valence-electron chi connectivity index (χ1n) is 7.39. The van der Waals surface area contributed by atoms with Gasteiger partial charge >= 0.3 is 0 Å². The van der Waals surface area contributed by atoms with Crippen LogP contribution in [-0.2, 0) is 0 Å². The fourth-order valence-electron chi connectivity index (χ4n) is 2.89. The summed E-state index contributed by atoms with van der Waals surface area (Å²) in [5.74, 6) is -0.419. The number of aromatic amines is 1. The summed E-state index contributed by atoms with van der Waals surface area (Å²) in [6.45, 7) is 3.78. The van der Waals surface area contributed by atoms with E-state index in [9.17, 15) is 14.0 Å². The van der Waals surface area contributed by atoms with Crippen LogP contribution in [-0.4, -0.2) is 30.0 Å². The minimum Gasteiger partial charge on any atom is -0.349 e. The van der Waals surface area contributed by atoms with Crippen LogP contribution in [0, 0.1) is 11.7 Å². The minimum absolute atomic E-state index is 0. The van der Waals surface area contributed by atoms with E-state index in [2.05, 4.69) is 22.5 Å². The van der Waals surface area contributed by atoms with Gasteiger partial charge in [-0.2, -0.15) is 0 Å². The van der Waals surface area contributed by atoms with Crippen molar-refractivity contribution in [1.82, 2.24) is 15.6 Å². The van der Waals surface area contributed by atoms with Crippen LogP contribution in [0.1, 0.15) is 23.7 Å². The number of rotatable bonds is 2. The average molecular weight is 340 g/mol. The van der Waals surface area contributed by atoms with Gasteiger partial charge in [-0.1, -0.05) is 6.92 Å². The van der Waals surface area contributed by atoms with Crippen molar-refractivity contribution in [3.05, 3.63) is 46.0 Å². The van der Waals surface area contributed by atoms with Gasteiger partial charge in [0.25, 0.3) is 5.91 Å². The summed E-state index contributed by atoms with van der Waals surface area (Å²) in [6.07, 6.45) is 0.850. The van der Waals surface area contributed by atoms with Crippen molar-refractivity contribution in [3.63, 3.8) is 0 Å². The van der Waals surface area contributed by atoms with Crippen molar-refractivity contribution >= 4 is 29.2 Å². The van der Waals surface area contributed by atoms with Crippen LogP contribution in [0.15, 0.2) is 29.1 Å². The average Bonchev–Trinajstić information content (AvgIpc) is 2.48. The zero-order valence-corrected chi connectivity index (χ0v) is 13.5. The maximum Gasteiger partial charge on any atom is 0.252 e. The van der Waals surface area contributed by atoms with E-state index >= 15 is 0 Å². The van der Waals surface area contributed by atoms with Gasteiger partial charge in [0.1, 0.15) is 5.82 Å². The highest BCUT2D eigenvalue weighted by molar-refractivity contribution is 6.06. The van der Waals surface area contributed by atoms with E-state index in [-0.39, 0.29) is 29.9 Å². The van der Waals surface area contributed by atoms with Crippen molar-refractivity contribution in [3.8, 4) is 0 Å². The predicted octanol–water partition coefficient (Wildman–Crippen LogP) is 1.82. The summed E-state index contributed by atoms with van der Waals surface area (Å²) in [5, 5.41) is 6.81. The molecular formula is C16H19ClFN3O2. The molecule has 3 rings (SSSR count). The number of H-pyrrole nitrogens is 1. The third-order valence-corrected chi connectivity index (χ3v) is 4.15. The van der Waals surface area contributed by atoms with Gasteiger partial charge in [-0.25, -0.2) is 4.39 Å². The number of halogens is 2. The molecular weight excluding hydrogens is 321 g/mol. The van der Waals surface area contributed by atoms with Crippen molar-refractivity contribution in [2.75, 3.05) is 13.1 Å². The van der Waals surface area contributed by atoms with E-state index < -0.39 is 11.4 Å². The van der Waals surface area contributed by atoms with Gasteiger partial charge in [-0.05, 0) is 43.6 Å². The Balaban J connectivity index is 0.00000192. The molecule has 3 N–H and O–H groups in total. The van der Waals surface area contributed by atoms with Crippen molar-refractivity contribution in [1.29, 1.82) is 0 Å². The number of aromatic nitrogens is 1. The van der Waals surface area contributed by atoms with Crippen LogP contribution in [0.25, 0.3) is 10.9 Å². The molecule has 0 saturated carbocycles. The highest BCUT2D eigenvalue weighted by atomic mass is 35.5. The summed E-state index contributed by atoms with van der Waals surface area (Å²) in [4.78, 5) is 26.8. The molecule has 124 valence electrons. The normalized spacial score (nSPS) is 20.8. The second kappa shape index (κ2) is 7.10. The molecule has 1 aromatic carbocycles. The molecule has 2 aromatic rings. The molecule has 0 radical (unpaired) electrons. The number of nitrogens with one attached hydrogen (secondary N) is 3. The smallest absolute Gasteiger partial charge is 0.252 e. The number of carbonyl (C=O) groups is 1. The molecule has 1 aliphatic heterocycles. The van der Waals surface area contributed by atoms with Crippen LogP contribution in [0.2, 0.25) is 0 Å². The molecule has 1 amide bonds. The van der Waals surface area contributed by atoms with Crippen LogP contribution in [0.4, 0.5) is 4.39 Å². The third kappa shape index (κ3) is 3.71. The van der Waals surface area contributed by atoms with E-state index in [1.54, 1.807) is 0 Å². The van der Waals surface area contributed by atoms with Crippen molar-refractivity contribution in [2.45, 2.75) is 19.4 Å². The monoisotopic (exact) mass is 339 g/mol. The highest BCUT2D eigenvalue weighted by Gasteiger charge is 2.24. The quantitative estimate of drug-likeness (QED) is 0.781. The Morgan fingerprint density at radius 3 is 2.87 bits per heavy atom. The lowest BCUT2D eigenvalue weighted by atomic mass is 9.95. The van der Waals surface area contributed by atoms with Gasteiger partial charge in [0.05, 0.1) is 11.1 Å². The molecule has 1 fully saturated rings. The molecule has 1 aromatic heterocycles. The Kier molecular flexibility index (Phi) is 5.38. The second-order valence-electron chi connectivity index (χ2n) is 5.79. The molecule has 0 aliphatic carbocycles.